The number of hydrogen-bond acceptors (Lipinski definition) is 5. The third kappa shape index (κ3) is 3.53. The van der Waals surface area contributed by atoms with Crippen LogP contribution in [0.5, 0.6) is 5.06 Å². The fourth-order valence-electron chi connectivity index (χ4n) is 1.31. The van der Waals surface area contributed by atoms with E-state index in [-0.39, 0.29) is 11.8 Å². The lowest BCUT2D eigenvalue weighted by Crippen LogP contribution is -1.99. The lowest BCUT2D eigenvalue weighted by Gasteiger charge is -2.02. The zero-order valence-corrected chi connectivity index (χ0v) is 10.5. The molecule has 0 atom stereocenters. The molecule has 0 saturated heterocycles. The molecular formula is C12H11FN2O2S. The van der Waals surface area contributed by atoms with E-state index in [1.54, 1.807) is 12.1 Å². The number of carbonyl (C=O) groups excluding carboxylic acids is 1. The fraction of sp³-hybridized carbons (Fsp3) is 0.167. The number of anilines is 1. The Morgan fingerprint density at radius 3 is 2.83 bits per heavy atom. The van der Waals surface area contributed by atoms with Crippen LogP contribution in [0.4, 0.5) is 9.52 Å². The van der Waals surface area contributed by atoms with Gasteiger partial charge in [0.2, 0.25) is 5.06 Å². The molecule has 1 aromatic carbocycles. The van der Waals surface area contributed by atoms with Crippen LogP contribution in [0.2, 0.25) is 0 Å². The number of rotatable bonds is 4. The van der Waals surface area contributed by atoms with Crippen molar-refractivity contribution in [1.82, 2.24) is 4.98 Å². The minimum atomic E-state index is -0.372. The van der Waals surface area contributed by atoms with Gasteiger partial charge >= 0.3 is 5.97 Å². The molecule has 18 heavy (non-hydrogen) atoms. The van der Waals surface area contributed by atoms with Gasteiger partial charge in [0.1, 0.15) is 5.82 Å². The number of carbonyl (C=O) groups is 1. The van der Waals surface area contributed by atoms with Crippen molar-refractivity contribution in [2.45, 2.75) is 13.5 Å². The van der Waals surface area contributed by atoms with Crippen molar-refractivity contribution in [3.8, 4) is 5.06 Å². The van der Waals surface area contributed by atoms with Crippen LogP contribution in [-0.4, -0.2) is 11.0 Å². The molecule has 0 aliphatic heterocycles. The Balaban J connectivity index is 1.92. The Morgan fingerprint density at radius 2 is 2.17 bits per heavy atom. The first kappa shape index (κ1) is 12.5. The molecule has 0 saturated carbocycles. The largest absolute Gasteiger partial charge is 0.414 e. The molecule has 1 N–H and O–H groups in total. The molecule has 6 heteroatoms. The molecule has 2 rings (SSSR count). The van der Waals surface area contributed by atoms with Crippen molar-refractivity contribution in [3.63, 3.8) is 0 Å². The molecule has 94 valence electrons. The lowest BCUT2D eigenvalue weighted by molar-refractivity contribution is -0.131. The third-order valence-electron chi connectivity index (χ3n) is 2.09. The number of thiazole rings is 1. The minimum Gasteiger partial charge on any atom is -0.414 e. The summed E-state index contributed by atoms with van der Waals surface area (Å²) in [5, 5.41) is 4.16. The van der Waals surface area contributed by atoms with E-state index in [1.807, 2.05) is 0 Å². The van der Waals surface area contributed by atoms with Crippen LogP contribution < -0.4 is 10.1 Å². The molecule has 0 bridgehead atoms. The highest BCUT2D eigenvalue weighted by Gasteiger charge is 2.04. The highest BCUT2D eigenvalue weighted by molar-refractivity contribution is 7.17. The van der Waals surface area contributed by atoms with Gasteiger partial charge in [0.25, 0.3) is 0 Å². The van der Waals surface area contributed by atoms with E-state index >= 15 is 0 Å². The minimum absolute atomic E-state index is 0.259. The van der Waals surface area contributed by atoms with Crippen LogP contribution in [0.15, 0.2) is 30.5 Å². The van der Waals surface area contributed by atoms with Crippen molar-refractivity contribution in [1.29, 1.82) is 0 Å². The first-order valence-corrected chi connectivity index (χ1v) is 6.08. The molecule has 4 nitrogen and oxygen atoms in total. The molecular weight excluding hydrogens is 255 g/mol. The van der Waals surface area contributed by atoms with Crippen LogP contribution in [0.3, 0.4) is 0 Å². The molecule has 0 aliphatic carbocycles. The van der Waals surface area contributed by atoms with E-state index in [0.717, 1.165) is 5.56 Å². The van der Waals surface area contributed by atoms with Crippen molar-refractivity contribution in [2.75, 3.05) is 5.32 Å². The van der Waals surface area contributed by atoms with Gasteiger partial charge in [-0.05, 0) is 17.7 Å². The summed E-state index contributed by atoms with van der Waals surface area (Å²) in [7, 11) is 0. The normalized spacial score (nSPS) is 10.1. The summed E-state index contributed by atoms with van der Waals surface area (Å²) in [6.07, 6.45) is 1.49. The summed E-state index contributed by atoms with van der Waals surface area (Å²) in [5.41, 5.74) is 0.945. The van der Waals surface area contributed by atoms with Crippen LogP contribution in [0.1, 0.15) is 12.5 Å². The predicted molar refractivity (Wildman–Crippen MR) is 67.1 cm³/mol. The fourth-order valence-corrected chi connectivity index (χ4v) is 2.01. The summed E-state index contributed by atoms with van der Waals surface area (Å²) in [5.74, 6) is -0.631. The van der Waals surface area contributed by atoms with E-state index < -0.39 is 0 Å². The number of nitrogens with one attached hydrogen (secondary N) is 1. The van der Waals surface area contributed by atoms with Gasteiger partial charge in [0.05, 0.1) is 6.20 Å². The number of nitrogens with zero attached hydrogens (tertiary/aromatic N) is 1. The second kappa shape index (κ2) is 5.59. The second-order valence-electron chi connectivity index (χ2n) is 3.56. The average Bonchev–Trinajstić information content (AvgIpc) is 2.75. The van der Waals surface area contributed by atoms with E-state index in [9.17, 15) is 9.18 Å². The van der Waals surface area contributed by atoms with E-state index in [1.165, 1.54) is 36.6 Å². The molecule has 0 fully saturated rings. The monoisotopic (exact) mass is 266 g/mol. The number of hydrogen-bond donors (Lipinski definition) is 1. The molecule has 0 spiro atoms. The van der Waals surface area contributed by atoms with Crippen molar-refractivity contribution >= 4 is 22.4 Å². The van der Waals surface area contributed by atoms with Gasteiger partial charge in [0, 0.05) is 13.5 Å². The molecule has 1 aromatic heterocycles. The highest BCUT2D eigenvalue weighted by Crippen LogP contribution is 2.25. The molecule has 1 heterocycles. The van der Waals surface area contributed by atoms with Gasteiger partial charge in [-0.25, -0.2) is 9.37 Å². The van der Waals surface area contributed by atoms with Gasteiger partial charge in [-0.15, -0.1) is 0 Å². The number of benzene rings is 1. The topological polar surface area (TPSA) is 51.2 Å². The van der Waals surface area contributed by atoms with Crippen LogP contribution in [0, 0.1) is 5.82 Å². The molecule has 0 aliphatic rings. The lowest BCUT2D eigenvalue weighted by atomic mass is 10.2. The maximum atomic E-state index is 12.7. The first-order chi connectivity index (χ1) is 8.63. The number of ether oxygens (including phenoxy) is 1. The van der Waals surface area contributed by atoms with Gasteiger partial charge in [-0.1, -0.05) is 23.5 Å². The standard InChI is InChI=1S/C12H11FN2O2S/c1-8(16)17-11-7-15-12(18-11)14-6-9-2-4-10(13)5-3-9/h2-5,7H,6H2,1H3,(H,14,15). The van der Waals surface area contributed by atoms with Crippen molar-refractivity contribution in [3.05, 3.63) is 41.8 Å². The summed E-state index contributed by atoms with van der Waals surface area (Å²) in [6.45, 7) is 1.87. The summed E-state index contributed by atoms with van der Waals surface area (Å²) >= 11 is 1.24. The first-order valence-electron chi connectivity index (χ1n) is 5.26. The van der Waals surface area contributed by atoms with Gasteiger partial charge < -0.3 is 10.1 Å². The number of aromatic nitrogens is 1. The summed E-state index contributed by atoms with van der Waals surface area (Å²) in [4.78, 5) is 14.8. The maximum absolute atomic E-state index is 12.7. The smallest absolute Gasteiger partial charge is 0.308 e. The summed E-state index contributed by atoms with van der Waals surface area (Å²) in [6, 6.07) is 6.21. The van der Waals surface area contributed by atoms with E-state index in [4.69, 9.17) is 4.74 Å². The number of halogens is 1. The Labute approximate surface area is 107 Å². The maximum Gasteiger partial charge on any atom is 0.308 e. The van der Waals surface area contributed by atoms with Crippen LogP contribution in [-0.2, 0) is 11.3 Å². The second-order valence-corrected chi connectivity index (χ2v) is 4.55. The quantitative estimate of drug-likeness (QED) is 0.864. The van der Waals surface area contributed by atoms with Crippen LogP contribution >= 0.6 is 11.3 Å². The summed E-state index contributed by atoms with van der Waals surface area (Å²) < 4.78 is 17.6. The Kier molecular flexibility index (Phi) is 3.88. The molecule has 0 radical (unpaired) electrons. The SMILES string of the molecule is CC(=O)Oc1cnc(NCc2ccc(F)cc2)s1. The number of esters is 1. The molecule has 2 aromatic rings. The average molecular weight is 266 g/mol. The highest BCUT2D eigenvalue weighted by atomic mass is 32.1. The van der Waals surface area contributed by atoms with Crippen LogP contribution in [0.25, 0.3) is 0 Å². The van der Waals surface area contributed by atoms with Gasteiger partial charge in [-0.3, -0.25) is 4.79 Å². The van der Waals surface area contributed by atoms with Crippen molar-refractivity contribution in [2.24, 2.45) is 0 Å². The van der Waals surface area contributed by atoms with Crippen molar-refractivity contribution < 1.29 is 13.9 Å². The van der Waals surface area contributed by atoms with E-state index in [0.29, 0.717) is 16.7 Å². The Hall–Kier alpha value is -1.95. The zero-order chi connectivity index (χ0) is 13.0. The van der Waals surface area contributed by atoms with E-state index in [2.05, 4.69) is 10.3 Å². The third-order valence-corrected chi connectivity index (χ3v) is 2.92. The molecule has 0 unspecified atom stereocenters. The molecule has 0 amide bonds. The van der Waals surface area contributed by atoms with Gasteiger partial charge in [0.15, 0.2) is 5.13 Å². The van der Waals surface area contributed by atoms with Gasteiger partial charge in [-0.2, -0.15) is 0 Å². The predicted octanol–water partition coefficient (Wildman–Crippen LogP) is 2.82. The Morgan fingerprint density at radius 1 is 1.44 bits per heavy atom. The Bertz CT molecular complexity index is 539. The zero-order valence-electron chi connectivity index (χ0n) is 9.64.